The standard InChI is InChI=1S/C21H29N5O3/c22-9-12-1-3-13(4-2-12)16-8-17(25-21(23)24-16)15-7-14(5-6-18(15)27)26-10-19(28)20(29)11-26/h5-8,12-13,19-20,27-29H,1-4,9-11,22H2,(H2,23,24,25)/t12?,13?,19-,20-/m0/s1. The second kappa shape index (κ2) is 8.14. The number of aliphatic hydroxyl groups is 2. The minimum Gasteiger partial charge on any atom is -0.507 e. The summed E-state index contributed by atoms with van der Waals surface area (Å²) in [4.78, 5) is 10.7. The van der Waals surface area contributed by atoms with Gasteiger partial charge in [-0.3, -0.25) is 0 Å². The molecule has 1 aromatic heterocycles. The van der Waals surface area contributed by atoms with Crippen LogP contribution in [0, 0.1) is 5.92 Å². The Bertz CT molecular complexity index is 859. The van der Waals surface area contributed by atoms with E-state index in [1.54, 1.807) is 12.1 Å². The summed E-state index contributed by atoms with van der Waals surface area (Å²) >= 11 is 0. The van der Waals surface area contributed by atoms with E-state index >= 15 is 0 Å². The zero-order valence-electron chi connectivity index (χ0n) is 16.4. The maximum absolute atomic E-state index is 10.5. The lowest BCUT2D eigenvalue weighted by Gasteiger charge is -2.27. The van der Waals surface area contributed by atoms with Gasteiger partial charge < -0.3 is 31.7 Å². The Labute approximate surface area is 170 Å². The molecule has 156 valence electrons. The number of nitrogen functional groups attached to an aromatic ring is 1. The largest absolute Gasteiger partial charge is 0.507 e. The number of nitrogens with zero attached hydrogens (tertiary/aromatic N) is 3. The third-order valence-corrected chi connectivity index (χ3v) is 6.24. The van der Waals surface area contributed by atoms with E-state index in [1.807, 2.05) is 17.0 Å². The highest BCUT2D eigenvalue weighted by Gasteiger charge is 2.30. The van der Waals surface area contributed by atoms with Crippen LogP contribution in [0.2, 0.25) is 0 Å². The van der Waals surface area contributed by atoms with Crippen molar-refractivity contribution >= 4 is 11.6 Å². The van der Waals surface area contributed by atoms with Crippen LogP contribution in [0.1, 0.15) is 37.3 Å². The zero-order chi connectivity index (χ0) is 20.5. The molecule has 2 atom stereocenters. The van der Waals surface area contributed by atoms with Crippen molar-refractivity contribution in [3.63, 3.8) is 0 Å². The van der Waals surface area contributed by atoms with E-state index in [1.165, 1.54) is 0 Å². The van der Waals surface area contributed by atoms with Crippen molar-refractivity contribution < 1.29 is 15.3 Å². The minimum absolute atomic E-state index is 0.102. The monoisotopic (exact) mass is 399 g/mol. The van der Waals surface area contributed by atoms with E-state index in [9.17, 15) is 15.3 Å². The number of rotatable bonds is 4. The second-order valence-electron chi connectivity index (χ2n) is 8.23. The molecule has 29 heavy (non-hydrogen) atoms. The second-order valence-corrected chi connectivity index (χ2v) is 8.23. The van der Waals surface area contributed by atoms with Crippen molar-refractivity contribution in [1.82, 2.24) is 9.97 Å². The summed E-state index contributed by atoms with van der Waals surface area (Å²) in [6.45, 7) is 1.41. The predicted octanol–water partition coefficient (Wildman–Crippen LogP) is 1.21. The summed E-state index contributed by atoms with van der Waals surface area (Å²) in [6, 6.07) is 7.10. The average molecular weight is 399 g/mol. The van der Waals surface area contributed by atoms with Gasteiger partial charge in [-0.05, 0) is 62.4 Å². The van der Waals surface area contributed by atoms with Gasteiger partial charge in [-0.1, -0.05) is 0 Å². The molecule has 8 nitrogen and oxygen atoms in total. The van der Waals surface area contributed by atoms with E-state index in [0.717, 1.165) is 43.6 Å². The zero-order valence-corrected chi connectivity index (χ0v) is 16.4. The number of aromatic hydroxyl groups is 1. The van der Waals surface area contributed by atoms with Gasteiger partial charge in [0, 0.05) is 36.0 Å². The summed E-state index contributed by atoms with van der Waals surface area (Å²) in [5, 5.41) is 30.1. The normalized spacial score (nSPS) is 27.3. The maximum Gasteiger partial charge on any atom is 0.220 e. The van der Waals surface area contributed by atoms with E-state index in [-0.39, 0.29) is 11.7 Å². The molecule has 1 saturated heterocycles. The number of phenols is 1. The van der Waals surface area contributed by atoms with Gasteiger partial charge in [-0.2, -0.15) is 0 Å². The van der Waals surface area contributed by atoms with Gasteiger partial charge in [-0.15, -0.1) is 0 Å². The lowest BCUT2D eigenvalue weighted by molar-refractivity contribution is 0.0572. The number of nitrogens with two attached hydrogens (primary N) is 2. The highest BCUT2D eigenvalue weighted by molar-refractivity contribution is 5.73. The molecule has 2 aliphatic rings. The average Bonchev–Trinajstić information content (AvgIpc) is 3.06. The first kappa shape index (κ1) is 19.9. The third-order valence-electron chi connectivity index (χ3n) is 6.24. The van der Waals surface area contributed by atoms with Crippen molar-refractivity contribution in [2.45, 2.75) is 43.8 Å². The number of hydrogen-bond acceptors (Lipinski definition) is 8. The lowest BCUT2D eigenvalue weighted by Crippen LogP contribution is -2.22. The van der Waals surface area contributed by atoms with Gasteiger partial charge in [0.05, 0.1) is 17.9 Å². The van der Waals surface area contributed by atoms with Crippen LogP contribution in [0.4, 0.5) is 11.6 Å². The number of anilines is 2. The molecule has 1 aliphatic carbocycles. The molecule has 1 aromatic carbocycles. The molecule has 0 spiro atoms. The van der Waals surface area contributed by atoms with Crippen molar-refractivity contribution in [3.8, 4) is 17.0 Å². The van der Waals surface area contributed by atoms with Crippen molar-refractivity contribution in [2.24, 2.45) is 11.7 Å². The number of aliphatic hydroxyl groups excluding tert-OH is 2. The van der Waals surface area contributed by atoms with Crippen LogP contribution >= 0.6 is 0 Å². The molecule has 0 radical (unpaired) electrons. The molecular formula is C21H29N5O3. The van der Waals surface area contributed by atoms with Crippen molar-refractivity contribution in [3.05, 3.63) is 30.0 Å². The van der Waals surface area contributed by atoms with Gasteiger partial charge in [0.1, 0.15) is 5.75 Å². The van der Waals surface area contributed by atoms with Crippen LogP contribution in [0.25, 0.3) is 11.3 Å². The van der Waals surface area contributed by atoms with E-state index in [4.69, 9.17) is 11.5 Å². The van der Waals surface area contributed by atoms with E-state index in [0.29, 0.717) is 36.2 Å². The Balaban J connectivity index is 1.63. The fourth-order valence-corrected chi connectivity index (χ4v) is 4.43. The van der Waals surface area contributed by atoms with Gasteiger partial charge in [0.2, 0.25) is 5.95 Å². The Morgan fingerprint density at radius 1 is 1.00 bits per heavy atom. The SMILES string of the molecule is NCC1CCC(c2cc(-c3cc(N4C[C@H](O)[C@@H](O)C4)ccc3O)nc(N)n2)CC1. The Hall–Kier alpha value is -2.42. The van der Waals surface area contributed by atoms with Crippen LogP contribution in [-0.4, -0.2) is 57.1 Å². The Morgan fingerprint density at radius 3 is 2.34 bits per heavy atom. The van der Waals surface area contributed by atoms with Crippen LogP contribution in [0.3, 0.4) is 0 Å². The fraction of sp³-hybridized carbons (Fsp3) is 0.524. The summed E-state index contributed by atoms with van der Waals surface area (Å²) in [6.07, 6.45) is 2.65. The number of hydrogen-bond donors (Lipinski definition) is 5. The number of β-amino-alcohol motifs (C(OH)–C–C–N with tert-alkyl or cyclic N) is 2. The van der Waals surface area contributed by atoms with Crippen molar-refractivity contribution in [1.29, 1.82) is 0 Å². The number of phenolic OH excluding ortho intramolecular Hbond substituents is 1. The Kier molecular flexibility index (Phi) is 5.58. The van der Waals surface area contributed by atoms with Crippen LogP contribution in [0.15, 0.2) is 24.3 Å². The topological polar surface area (TPSA) is 142 Å². The van der Waals surface area contributed by atoms with Gasteiger partial charge >= 0.3 is 0 Å². The molecule has 2 fully saturated rings. The smallest absolute Gasteiger partial charge is 0.220 e. The molecule has 0 bridgehead atoms. The molecule has 1 aliphatic heterocycles. The fourth-order valence-electron chi connectivity index (χ4n) is 4.43. The molecule has 8 heteroatoms. The first-order chi connectivity index (χ1) is 13.9. The first-order valence-electron chi connectivity index (χ1n) is 10.2. The molecule has 7 N–H and O–H groups in total. The summed E-state index contributed by atoms with van der Waals surface area (Å²) in [5.41, 5.74) is 14.6. The molecule has 1 saturated carbocycles. The highest BCUT2D eigenvalue weighted by atomic mass is 16.3. The molecule has 2 heterocycles. The van der Waals surface area contributed by atoms with Crippen LogP contribution in [0.5, 0.6) is 5.75 Å². The first-order valence-corrected chi connectivity index (χ1v) is 10.2. The highest BCUT2D eigenvalue weighted by Crippen LogP contribution is 2.38. The van der Waals surface area contributed by atoms with Gasteiger partial charge in [0.15, 0.2) is 0 Å². The molecule has 2 aromatic rings. The summed E-state index contributed by atoms with van der Waals surface area (Å²) < 4.78 is 0. The minimum atomic E-state index is -0.780. The number of benzene rings is 1. The Morgan fingerprint density at radius 2 is 1.69 bits per heavy atom. The molecule has 0 amide bonds. The van der Waals surface area contributed by atoms with Gasteiger partial charge in [0.25, 0.3) is 0 Å². The van der Waals surface area contributed by atoms with Crippen LogP contribution in [-0.2, 0) is 0 Å². The maximum atomic E-state index is 10.5. The van der Waals surface area contributed by atoms with E-state index < -0.39 is 12.2 Å². The van der Waals surface area contributed by atoms with Crippen molar-refractivity contribution in [2.75, 3.05) is 30.3 Å². The molecule has 4 rings (SSSR count). The summed E-state index contributed by atoms with van der Waals surface area (Å²) in [7, 11) is 0. The van der Waals surface area contributed by atoms with Gasteiger partial charge in [-0.25, -0.2) is 9.97 Å². The summed E-state index contributed by atoms with van der Waals surface area (Å²) in [5.74, 6) is 1.19. The quantitative estimate of drug-likeness (QED) is 0.516. The predicted molar refractivity (Wildman–Crippen MR) is 112 cm³/mol. The van der Waals surface area contributed by atoms with Crippen LogP contribution < -0.4 is 16.4 Å². The lowest BCUT2D eigenvalue weighted by atomic mass is 9.80. The number of aromatic nitrogens is 2. The third kappa shape index (κ3) is 4.14. The molecule has 0 unspecified atom stereocenters. The molecular weight excluding hydrogens is 370 g/mol. The van der Waals surface area contributed by atoms with E-state index in [2.05, 4.69) is 9.97 Å².